The molecule has 132 valence electrons. The van der Waals surface area contributed by atoms with Crippen LogP contribution in [0.3, 0.4) is 0 Å². The van der Waals surface area contributed by atoms with Crippen LogP contribution in [0.15, 0.2) is 36.6 Å². The van der Waals surface area contributed by atoms with Gasteiger partial charge in [0.25, 0.3) is 8.32 Å². The molecule has 0 saturated carbocycles. The van der Waals surface area contributed by atoms with Crippen LogP contribution in [-0.4, -0.2) is 15.1 Å². The van der Waals surface area contributed by atoms with E-state index >= 15 is 0 Å². The largest absolute Gasteiger partial charge is 0.543 e. The summed E-state index contributed by atoms with van der Waals surface area (Å²) in [5.41, 5.74) is 2.66. The molecule has 0 atom stereocenters. The normalized spacial score (nSPS) is 14.2. The van der Waals surface area contributed by atoms with E-state index in [1.807, 2.05) is 30.4 Å². The van der Waals surface area contributed by atoms with Crippen molar-refractivity contribution in [2.24, 2.45) is 0 Å². The number of hydrogen-bond donors (Lipinski definition) is 0. The fourth-order valence-corrected chi connectivity index (χ4v) is 9.05. The second-order valence-corrected chi connectivity index (χ2v) is 12.7. The molecule has 0 N–H and O–H groups in total. The van der Waals surface area contributed by atoms with Crippen LogP contribution >= 0.6 is 0 Å². The Bertz CT molecular complexity index is 596. The minimum Gasteiger partial charge on any atom is -0.543 e. The van der Waals surface area contributed by atoms with Gasteiger partial charge in [-0.3, -0.25) is 0 Å². The van der Waals surface area contributed by atoms with Crippen LogP contribution in [-0.2, 0) is 4.43 Å². The Kier molecular flexibility index (Phi) is 5.81. The fourth-order valence-electron chi connectivity index (χ4n) is 3.82. The molecule has 1 aromatic carbocycles. The maximum atomic E-state index is 6.54. The molecule has 1 heterocycles. The van der Waals surface area contributed by atoms with Crippen LogP contribution in [0, 0.1) is 0 Å². The molecule has 0 radical (unpaired) electrons. The molecule has 3 nitrogen and oxygen atoms in total. The molecule has 1 aliphatic heterocycles. The number of ether oxygens (including phenoxy) is 2. The third kappa shape index (κ3) is 3.69. The molecular weight excluding hydrogens is 316 g/mol. The van der Waals surface area contributed by atoms with Crippen LogP contribution in [0.5, 0.6) is 11.5 Å². The maximum Gasteiger partial charge on any atom is 0.258 e. The zero-order chi connectivity index (χ0) is 17.9. The SMILES string of the molecule is C=C(/C=C/c1ccc2c(c1)OCO2)O[Si](C(C)C)(C(C)C)C(C)C. The van der Waals surface area contributed by atoms with E-state index in [4.69, 9.17) is 13.9 Å². The first-order valence-corrected chi connectivity index (χ1v) is 10.9. The van der Waals surface area contributed by atoms with Crippen molar-refractivity contribution < 1.29 is 13.9 Å². The van der Waals surface area contributed by atoms with Crippen molar-refractivity contribution in [2.75, 3.05) is 6.79 Å². The number of allylic oxidation sites excluding steroid dienone is 1. The zero-order valence-corrected chi connectivity index (χ0v) is 16.8. The molecule has 1 aromatic rings. The Labute approximate surface area is 147 Å². The first-order valence-electron chi connectivity index (χ1n) is 8.73. The lowest BCUT2D eigenvalue weighted by atomic mass is 10.2. The molecule has 0 spiro atoms. The van der Waals surface area contributed by atoms with Gasteiger partial charge in [0.15, 0.2) is 11.5 Å². The van der Waals surface area contributed by atoms with Crippen LogP contribution in [0.25, 0.3) is 6.08 Å². The summed E-state index contributed by atoms with van der Waals surface area (Å²) in [6, 6.07) is 5.92. The minimum absolute atomic E-state index is 0.295. The van der Waals surface area contributed by atoms with Gasteiger partial charge in [-0.15, -0.1) is 0 Å². The Balaban J connectivity index is 2.13. The van der Waals surface area contributed by atoms with Gasteiger partial charge in [0.1, 0.15) is 0 Å². The lowest BCUT2D eigenvalue weighted by Crippen LogP contribution is -2.47. The lowest BCUT2D eigenvalue weighted by molar-refractivity contribution is 0.174. The highest BCUT2D eigenvalue weighted by molar-refractivity contribution is 6.77. The van der Waals surface area contributed by atoms with Crippen LogP contribution in [0.4, 0.5) is 0 Å². The molecule has 0 amide bonds. The molecule has 0 saturated heterocycles. The smallest absolute Gasteiger partial charge is 0.258 e. The highest BCUT2D eigenvalue weighted by Crippen LogP contribution is 2.43. The summed E-state index contributed by atoms with van der Waals surface area (Å²) in [5.74, 6) is 2.34. The van der Waals surface area contributed by atoms with E-state index in [9.17, 15) is 0 Å². The Hall–Kier alpha value is -1.68. The van der Waals surface area contributed by atoms with Crippen molar-refractivity contribution in [2.45, 2.75) is 58.2 Å². The Morgan fingerprint density at radius 1 is 1.04 bits per heavy atom. The summed E-state index contributed by atoms with van der Waals surface area (Å²) in [6.45, 7) is 18.1. The first kappa shape index (κ1) is 18.7. The van der Waals surface area contributed by atoms with Crippen LogP contribution in [0.1, 0.15) is 47.1 Å². The summed E-state index contributed by atoms with van der Waals surface area (Å²) >= 11 is 0. The van der Waals surface area contributed by atoms with Crippen LogP contribution < -0.4 is 9.47 Å². The minimum atomic E-state index is -1.94. The highest BCUT2D eigenvalue weighted by Gasteiger charge is 2.46. The summed E-state index contributed by atoms with van der Waals surface area (Å²) < 4.78 is 17.3. The highest BCUT2D eigenvalue weighted by atomic mass is 28.4. The predicted octanol–water partition coefficient (Wildman–Crippen LogP) is 6.13. The van der Waals surface area contributed by atoms with Crippen molar-refractivity contribution in [1.82, 2.24) is 0 Å². The van der Waals surface area contributed by atoms with E-state index < -0.39 is 8.32 Å². The Morgan fingerprint density at radius 3 is 2.21 bits per heavy atom. The number of rotatable bonds is 7. The fraction of sp³-hybridized carbons (Fsp3) is 0.500. The number of hydrogen-bond acceptors (Lipinski definition) is 3. The third-order valence-corrected chi connectivity index (χ3v) is 10.9. The quantitative estimate of drug-likeness (QED) is 0.337. The van der Waals surface area contributed by atoms with Crippen LogP contribution in [0.2, 0.25) is 16.6 Å². The number of fused-ring (bicyclic) bond motifs is 1. The molecule has 0 aromatic heterocycles. The van der Waals surface area contributed by atoms with Crippen molar-refractivity contribution in [3.05, 3.63) is 42.2 Å². The second kappa shape index (κ2) is 7.47. The molecule has 0 fully saturated rings. The van der Waals surface area contributed by atoms with Gasteiger partial charge < -0.3 is 13.9 Å². The van der Waals surface area contributed by atoms with Gasteiger partial charge >= 0.3 is 0 Å². The van der Waals surface area contributed by atoms with Gasteiger partial charge in [-0.05, 0) is 40.4 Å². The molecule has 4 heteroatoms. The van der Waals surface area contributed by atoms with Gasteiger partial charge in [0, 0.05) is 0 Å². The summed E-state index contributed by atoms with van der Waals surface area (Å²) in [4.78, 5) is 0. The van der Waals surface area contributed by atoms with Gasteiger partial charge in [-0.1, -0.05) is 60.3 Å². The first-order chi connectivity index (χ1) is 11.3. The van der Waals surface area contributed by atoms with Crippen molar-refractivity contribution >= 4 is 14.4 Å². The maximum absolute atomic E-state index is 6.54. The third-order valence-electron chi connectivity index (χ3n) is 4.87. The van der Waals surface area contributed by atoms with E-state index in [0.717, 1.165) is 22.8 Å². The van der Waals surface area contributed by atoms with Gasteiger partial charge in [0.2, 0.25) is 6.79 Å². The van der Waals surface area contributed by atoms with Gasteiger partial charge in [-0.2, -0.15) is 0 Å². The molecule has 0 unspecified atom stereocenters. The standard InChI is InChI=1S/C20H30O3Si/c1-14(2)24(15(3)4,16(5)6)23-17(7)8-9-18-10-11-19-20(12-18)22-13-21-19/h8-12,14-16H,7,13H2,1-6H3/b9-8+. The summed E-state index contributed by atoms with van der Waals surface area (Å²) in [5, 5.41) is 0. The van der Waals surface area contributed by atoms with Gasteiger partial charge in [0.05, 0.1) is 5.76 Å². The van der Waals surface area contributed by atoms with Gasteiger partial charge in [-0.25, -0.2) is 0 Å². The Morgan fingerprint density at radius 2 is 1.62 bits per heavy atom. The predicted molar refractivity (Wildman–Crippen MR) is 103 cm³/mol. The average Bonchev–Trinajstić information content (AvgIpc) is 2.97. The summed E-state index contributed by atoms with van der Waals surface area (Å²) in [6.07, 6.45) is 3.98. The van der Waals surface area contributed by atoms with E-state index in [0.29, 0.717) is 23.4 Å². The second-order valence-electron chi connectivity index (χ2n) is 7.33. The molecule has 1 aliphatic rings. The van der Waals surface area contributed by atoms with E-state index in [1.165, 1.54) is 0 Å². The molecule has 24 heavy (non-hydrogen) atoms. The average molecular weight is 347 g/mol. The lowest BCUT2D eigenvalue weighted by Gasteiger charge is -2.42. The number of benzene rings is 1. The van der Waals surface area contributed by atoms with E-state index in [-0.39, 0.29) is 0 Å². The van der Waals surface area contributed by atoms with Crippen molar-refractivity contribution in [1.29, 1.82) is 0 Å². The molecule has 2 rings (SSSR count). The molecule has 0 bridgehead atoms. The van der Waals surface area contributed by atoms with E-state index in [1.54, 1.807) is 0 Å². The molecular formula is C20H30O3Si. The monoisotopic (exact) mass is 346 g/mol. The van der Waals surface area contributed by atoms with E-state index in [2.05, 4.69) is 48.1 Å². The van der Waals surface area contributed by atoms with Crippen molar-refractivity contribution in [3.8, 4) is 11.5 Å². The topological polar surface area (TPSA) is 27.7 Å². The van der Waals surface area contributed by atoms with Crippen molar-refractivity contribution in [3.63, 3.8) is 0 Å². The molecule has 0 aliphatic carbocycles. The zero-order valence-electron chi connectivity index (χ0n) is 15.8. The summed E-state index contributed by atoms with van der Waals surface area (Å²) in [7, 11) is -1.94.